The number of benzene rings is 4. The molecule has 6 nitrogen and oxygen atoms in total. The van der Waals surface area contributed by atoms with Gasteiger partial charge in [0.1, 0.15) is 5.82 Å². The number of hydrogen-bond acceptors (Lipinski definition) is 3. The quantitative estimate of drug-likeness (QED) is 0.123. The largest absolute Gasteiger partial charge is 0.522 e. The van der Waals surface area contributed by atoms with Crippen LogP contribution in [-0.4, -0.2) is 19.1 Å². The molecule has 4 aromatic carbocycles. The first-order valence-electron chi connectivity index (χ1n) is 22.8. The molecule has 7 heteroatoms. The zero-order valence-electron chi connectivity index (χ0n) is 41.7. The molecule has 0 aliphatic carbocycles. The predicted octanol–water partition coefficient (Wildman–Crippen LogP) is 13.8. The van der Waals surface area contributed by atoms with Gasteiger partial charge in [0, 0.05) is 41.3 Å². The minimum Gasteiger partial charge on any atom is -0.522 e. The second kappa shape index (κ2) is 16.2. The van der Waals surface area contributed by atoms with Gasteiger partial charge in [-0.3, -0.25) is 14.1 Å². The zero-order valence-corrected chi connectivity index (χ0v) is 42.0. The smallest absolute Gasteiger partial charge is 0.269 e. The summed E-state index contributed by atoms with van der Waals surface area (Å²) in [7, 11) is 0. The van der Waals surface area contributed by atoms with Gasteiger partial charge >= 0.3 is 0 Å². The van der Waals surface area contributed by atoms with E-state index in [1.807, 2.05) is 43.5 Å². The molecule has 0 bridgehead atoms. The summed E-state index contributed by atoms with van der Waals surface area (Å²) in [6.45, 7) is 32.7. The zero-order chi connectivity index (χ0) is 46.5. The molecule has 0 saturated carbocycles. The Morgan fingerprint density at radius 1 is 0.587 bits per heavy atom. The molecule has 0 atom stereocenters. The monoisotopic (exact) mass is 1020 g/mol. The molecule has 0 saturated heterocycles. The molecule has 0 fully saturated rings. The maximum Gasteiger partial charge on any atom is 0.269 e. The number of hydrogen-bond donors (Lipinski definition) is 0. The van der Waals surface area contributed by atoms with Crippen molar-refractivity contribution >= 4 is 32.8 Å². The maximum absolute atomic E-state index is 9.08. The van der Waals surface area contributed by atoms with Crippen molar-refractivity contribution in [3.63, 3.8) is 0 Å². The van der Waals surface area contributed by atoms with E-state index in [4.69, 9.17) is 17.4 Å². The number of aromatic nitrogens is 5. The van der Waals surface area contributed by atoms with Crippen molar-refractivity contribution in [2.24, 2.45) is 5.41 Å². The number of fused-ring (bicyclic) bond motifs is 4. The molecule has 8 aromatic rings. The number of nitrogens with zero attached hydrogens (tertiary/aromatic N) is 5. The Labute approximate surface area is 392 Å². The van der Waals surface area contributed by atoms with E-state index in [0.29, 0.717) is 28.7 Å². The van der Waals surface area contributed by atoms with E-state index in [1.165, 1.54) is 22.3 Å². The van der Waals surface area contributed by atoms with Gasteiger partial charge in [-0.1, -0.05) is 146 Å². The molecule has 0 unspecified atom stereocenters. The molecule has 8 rings (SSSR count). The van der Waals surface area contributed by atoms with Crippen LogP contribution < -0.4 is 9.30 Å². The third-order valence-electron chi connectivity index (χ3n) is 11.5. The molecule has 0 spiro atoms. The van der Waals surface area contributed by atoms with Gasteiger partial charge in [0.15, 0.2) is 0 Å². The van der Waals surface area contributed by atoms with Crippen LogP contribution in [0.15, 0.2) is 97.3 Å². The molecular formula is C56H63N5OPt-2. The second-order valence-corrected chi connectivity index (χ2v) is 22.0. The minimum atomic E-state index is -1.60. The number of ether oxygens (including phenoxy) is 1. The summed E-state index contributed by atoms with van der Waals surface area (Å²) in [4.78, 5) is 9.67. The van der Waals surface area contributed by atoms with Crippen LogP contribution in [0.3, 0.4) is 0 Å². The van der Waals surface area contributed by atoms with E-state index in [2.05, 4.69) is 171 Å². The first-order chi connectivity index (χ1) is 29.6. The van der Waals surface area contributed by atoms with Crippen molar-refractivity contribution in [1.29, 1.82) is 0 Å². The van der Waals surface area contributed by atoms with Crippen LogP contribution in [0.25, 0.3) is 50.2 Å². The van der Waals surface area contributed by atoms with Crippen molar-refractivity contribution in [3.05, 3.63) is 144 Å². The summed E-state index contributed by atoms with van der Waals surface area (Å²) in [6, 6.07) is 36.7. The van der Waals surface area contributed by atoms with Crippen LogP contribution in [0.5, 0.6) is 11.5 Å². The molecular weight excluding hydrogens is 954 g/mol. The Balaban J connectivity index is 0.00000630. The predicted molar refractivity (Wildman–Crippen MR) is 256 cm³/mol. The van der Waals surface area contributed by atoms with E-state index in [-0.39, 0.29) is 42.7 Å². The standard InChI is InChI=1S/C56H63N5O.Pt/c1-52(2,3)34-36-22-24-58-51(26-36)61-46-20-16-37(53(4,5)6)30-45(46)44-19-18-42(32-48(44)61)62-43-23-25-57-50(33-43)60-35-59(47-21-17-38(31-49(47)60)54(7,8)9)41-28-39(55(10,11)12)27-40(29-41)56(13,14)15;/h16-31H,34H2,1-15H3;/q-2;/i34D2;. The molecule has 0 radical (unpaired) electrons. The topological polar surface area (TPSA) is 48.8 Å². The molecule has 330 valence electrons. The van der Waals surface area contributed by atoms with Crippen molar-refractivity contribution < 1.29 is 33.1 Å². The summed E-state index contributed by atoms with van der Waals surface area (Å²) >= 11 is 0. The Kier molecular flexibility index (Phi) is 11.1. The summed E-state index contributed by atoms with van der Waals surface area (Å²) < 4.78 is 31.0. The van der Waals surface area contributed by atoms with Crippen molar-refractivity contribution in [1.82, 2.24) is 19.1 Å². The fraction of sp³-hybridized carbons (Fsp3) is 0.375. The average Bonchev–Trinajstić information content (AvgIpc) is 3.74. The van der Waals surface area contributed by atoms with E-state index in [9.17, 15) is 0 Å². The van der Waals surface area contributed by atoms with E-state index in [1.54, 1.807) is 18.5 Å². The van der Waals surface area contributed by atoms with Crippen LogP contribution in [-0.2, 0) is 49.1 Å². The van der Waals surface area contributed by atoms with Gasteiger partial charge in [0.2, 0.25) is 0 Å². The first-order valence-corrected chi connectivity index (χ1v) is 21.8. The van der Waals surface area contributed by atoms with Gasteiger partial charge < -0.3 is 9.30 Å². The molecule has 4 aromatic heterocycles. The van der Waals surface area contributed by atoms with Gasteiger partial charge in [-0.2, -0.15) is 18.2 Å². The van der Waals surface area contributed by atoms with Crippen LogP contribution in [0.1, 0.15) is 134 Å². The SMILES string of the molecule is [2H]C([2H])(c1ccnc(-n2c3[c-]c(Oc4[c-]c(-n5[c-][n+](-c6cc(C(C)(C)C)cc(C(C)(C)C)c6)c6ccc(C(C)(C)C)cc65)ncc4)ccc3c3cc(C(C)(C)C)ccc32)c1)C(C)(C)C.[Pt]. The van der Waals surface area contributed by atoms with Gasteiger partial charge in [0.25, 0.3) is 6.33 Å². The summed E-state index contributed by atoms with van der Waals surface area (Å²) in [5.74, 6) is 2.15. The Bertz CT molecular complexity index is 3060. The third kappa shape index (κ3) is 9.44. The first kappa shape index (κ1) is 43.2. The number of imidazole rings is 1. The van der Waals surface area contributed by atoms with E-state index >= 15 is 0 Å². The molecule has 4 heterocycles. The number of rotatable bonds is 6. The minimum absolute atomic E-state index is 0. The summed E-state index contributed by atoms with van der Waals surface area (Å²) in [6.07, 6.45) is 5.54. The van der Waals surface area contributed by atoms with E-state index in [0.717, 1.165) is 38.5 Å². The molecule has 63 heavy (non-hydrogen) atoms. The van der Waals surface area contributed by atoms with Crippen molar-refractivity contribution in [2.45, 2.75) is 132 Å². The van der Waals surface area contributed by atoms with Crippen LogP contribution in [0, 0.1) is 23.9 Å². The van der Waals surface area contributed by atoms with E-state index < -0.39 is 11.8 Å². The van der Waals surface area contributed by atoms with Crippen LogP contribution >= 0.6 is 0 Å². The van der Waals surface area contributed by atoms with Gasteiger partial charge in [0.05, 0.1) is 22.5 Å². The molecule has 0 aliphatic rings. The Morgan fingerprint density at radius 2 is 1.19 bits per heavy atom. The van der Waals surface area contributed by atoms with Crippen LogP contribution in [0.2, 0.25) is 0 Å². The van der Waals surface area contributed by atoms with Crippen LogP contribution in [0.4, 0.5) is 0 Å². The summed E-state index contributed by atoms with van der Waals surface area (Å²) in [5, 5.41) is 2.06. The Hall–Kier alpha value is -5.06. The molecule has 0 aliphatic heterocycles. The fourth-order valence-corrected chi connectivity index (χ4v) is 7.92. The van der Waals surface area contributed by atoms with Crippen molar-refractivity contribution in [2.75, 3.05) is 0 Å². The normalized spacial score (nSPS) is 13.6. The summed E-state index contributed by atoms with van der Waals surface area (Å²) in [5.41, 5.74) is 9.38. The maximum atomic E-state index is 9.08. The van der Waals surface area contributed by atoms with Gasteiger partial charge in [-0.05, 0) is 109 Å². The van der Waals surface area contributed by atoms with Crippen molar-refractivity contribution in [3.8, 4) is 28.8 Å². The third-order valence-corrected chi connectivity index (χ3v) is 11.5. The van der Waals surface area contributed by atoms with Gasteiger partial charge in [-0.25, -0.2) is 4.98 Å². The number of pyridine rings is 2. The molecule has 0 amide bonds. The second-order valence-electron chi connectivity index (χ2n) is 22.0. The Morgan fingerprint density at radius 3 is 1.83 bits per heavy atom. The fourth-order valence-electron chi connectivity index (χ4n) is 7.92. The average molecular weight is 1020 g/mol. The van der Waals surface area contributed by atoms with Gasteiger partial charge in [-0.15, -0.1) is 17.5 Å². The molecule has 0 N–H and O–H groups in total.